The van der Waals surface area contributed by atoms with Gasteiger partial charge >= 0.3 is 0 Å². The van der Waals surface area contributed by atoms with Crippen molar-refractivity contribution in [1.29, 1.82) is 5.26 Å². The van der Waals surface area contributed by atoms with Crippen LogP contribution in [0.5, 0.6) is 0 Å². The second kappa shape index (κ2) is 7.17. The molecule has 2 aromatic rings. The summed E-state index contributed by atoms with van der Waals surface area (Å²) in [7, 11) is 0. The minimum Gasteiger partial charge on any atom is -0.352 e. The number of carbonyl (C=O) groups is 1. The molecule has 0 spiro atoms. The fraction of sp³-hybridized carbons (Fsp3) is 0.381. The zero-order chi connectivity index (χ0) is 17.9. The quantitative estimate of drug-likeness (QED) is 0.839. The molecule has 1 aliphatic heterocycles. The first-order valence-corrected chi connectivity index (χ1v) is 9.24. The van der Waals surface area contributed by atoms with Crippen LogP contribution in [0.4, 0.5) is 5.82 Å². The number of rotatable bonds is 2. The number of hydrogen-bond donors (Lipinski definition) is 0. The summed E-state index contributed by atoms with van der Waals surface area (Å²) in [6, 6.07) is 14.1. The summed E-state index contributed by atoms with van der Waals surface area (Å²) in [5.74, 6) is 0.972. The van der Waals surface area contributed by atoms with E-state index in [4.69, 9.17) is 0 Å². The molecule has 5 heteroatoms. The third-order valence-electron chi connectivity index (χ3n) is 5.47. The second-order valence-electron chi connectivity index (χ2n) is 6.94. The Labute approximate surface area is 153 Å². The van der Waals surface area contributed by atoms with Crippen LogP contribution in [0.25, 0.3) is 0 Å². The first kappa shape index (κ1) is 16.6. The number of aryl methyl sites for hydroxylation is 1. The minimum atomic E-state index is -0.00369. The van der Waals surface area contributed by atoms with Crippen molar-refractivity contribution >= 4 is 11.7 Å². The van der Waals surface area contributed by atoms with Crippen molar-refractivity contribution in [3.05, 3.63) is 59.3 Å². The number of piperazine rings is 1. The number of nitrogens with zero attached hydrogens (tertiary/aromatic N) is 4. The van der Waals surface area contributed by atoms with Crippen molar-refractivity contribution in [3.8, 4) is 6.07 Å². The number of fused-ring (bicyclic) bond motifs is 1. The molecule has 1 aromatic carbocycles. The molecule has 1 aliphatic carbocycles. The molecule has 26 heavy (non-hydrogen) atoms. The predicted molar refractivity (Wildman–Crippen MR) is 99.9 cm³/mol. The number of nitriles is 1. The van der Waals surface area contributed by atoms with Crippen LogP contribution in [-0.4, -0.2) is 42.0 Å². The van der Waals surface area contributed by atoms with E-state index >= 15 is 0 Å². The topological polar surface area (TPSA) is 60.2 Å². The average Bonchev–Trinajstić information content (AvgIpc) is 2.73. The van der Waals surface area contributed by atoms with Crippen LogP contribution in [0.15, 0.2) is 42.6 Å². The highest BCUT2D eigenvalue weighted by molar-refractivity contribution is 5.84. The van der Waals surface area contributed by atoms with E-state index in [0.29, 0.717) is 31.7 Å². The summed E-state index contributed by atoms with van der Waals surface area (Å²) in [6.45, 7) is 2.79. The molecule has 0 radical (unpaired) electrons. The molecule has 0 saturated carbocycles. The molecule has 0 bridgehead atoms. The zero-order valence-electron chi connectivity index (χ0n) is 14.8. The standard InChI is InChI=1S/C21H22N4O/c22-15-17-7-4-10-23-20(17)24-11-13-25(14-12-24)21(26)19-9-3-6-16-5-1-2-8-18(16)19/h1-2,4-5,7-8,10,19H,3,6,9,11-14H2. The highest BCUT2D eigenvalue weighted by Gasteiger charge is 2.31. The lowest BCUT2D eigenvalue weighted by molar-refractivity contribution is -0.133. The first-order chi connectivity index (χ1) is 12.8. The van der Waals surface area contributed by atoms with Gasteiger partial charge in [0, 0.05) is 32.4 Å². The van der Waals surface area contributed by atoms with Crippen molar-refractivity contribution in [2.75, 3.05) is 31.1 Å². The highest BCUT2D eigenvalue weighted by Crippen LogP contribution is 2.33. The Morgan fingerprint density at radius 2 is 1.92 bits per heavy atom. The summed E-state index contributed by atoms with van der Waals surface area (Å²) in [4.78, 5) is 21.6. The van der Waals surface area contributed by atoms with Gasteiger partial charge in [0.15, 0.2) is 0 Å². The van der Waals surface area contributed by atoms with Gasteiger partial charge in [0.05, 0.1) is 11.5 Å². The molecule has 0 N–H and O–H groups in total. The Morgan fingerprint density at radius 3 is 2.73 bits per heavy atom. The van der Waals surface area contributed by atoms with Gasteiger partial charge in [-0.3, -0.25) is 4.79 Å². The van der Waals surface area contributed by atoms with E-state index in [0.717, 1.165) is 25.1 Å². The fourth-order valence-electron chi connectivity index (χ4n) is 4.11. The SMILES string of the molecule is N#Cc1cccnc1N1CCN(C(=O)C2CCCc3ccccc32)CC1. The van der Waals surface area contributed by atoms with Crippen LogP contribution in [0.2, 0.25) is 0 Å². The van der Waals surface area contributed by atoms with Gasteiger partial charge in [-0.2, -0.15) is 5.26 Å². The number of anilines is 1. The Morgan fingerprint density at radius 1 is 1.12 bits per heavy atom. The normalized spacial score (nSPS) is 19.6. The van der Waals surface area contributed by atoms with Gasteiger partial charge in [0.25, 0.3) is 0 Å². The predicted octanol–water partition coefficient (Wildman–Crippen LogP) is 2.72. The molecule has 1 atom stereocenters. The average molecular weight is 346 g/mol. The van der Waals surface area contributed by atoms with Gasteiger partial charge in [0.1, 0.15) is 11.9 Å². The molecule has 1 aromatic heterocycles. The zero-order valence-corrected chi connectivity index (χ0v) is 14.8. The van der Waals surface area contributed by atoms with E-state index in [1.54, 1.807) is 18.3 Å². The number of amides is 1. The van der Waals surface area contributed by atoms with Crippen molar-refractivity contribution in [1.82, 2.24) is 9.88 Å². The Kier molecular flexibility index (Phi) is 4.57. The summed E-state index contributed by atoms with van der Waals surface area (Å²) in [6.07, 6.45) is 4.80. The number of pyridine rings is 1. The van der Waals surface area contributed by atoms with Crippen molar-refractivity contribution in [2.24, 2.45) is 0 Å². The molecular formula is C21H22N4O. The largest absolute Gasteiger partial charge is 0.352 e. The smallest absolute Gasteiger partial charge is 0.230 e. The molecule has 4 rings (SSSR count). The fourth-order valence-corrected chi connectivity index (χ4v) is 4.11. The van der Waals surface area contributed by atoms with Crippen LogP contribution in [0, 0.1) is 11.3 Å². The third-order valence-corrected chi connectivity index (χ3v) is 5.47. The number of hydrogen-bond acceptors (Lipinski definition) is 4. The lowest BCUT2D eigenvalue weighted by atomic mass is 9.82. The van der Waals surface area contributed by atoms with Crippen molar-refractivity contribution < 1.29 is 4.79 Å². The Balaban J connectivity index is 1.46. The van der Waals surface area contributed by atoms with Crippen LogP contribution >= 0.6 is 0 Å². The minimum absolute atomic E-state index is 0.00369. The molecule has 1 unspecified atom stereocenters. The van der Waals surface area contributed by atoms with Crippen LogP contribution in [0.1, 0.15) is 35.4 Å². The van der Waals surface area contributed by atoms with Crippen molar-refractivity contribution in [3.63, 3.8) is 0 Å². The van der Waals surface area contributed by atoms with Gasteiger partial charge in [-0.15, -0.1) is 0 Å². The van der Waals surface area contributed by atoms with Gasteiger partial charge in [-0.1, -0.05) is 24.3 Å². The van der Waals surface area contributed by atoms with E-state index < -0.39 is 0 Å². The van der Waals surface area contributed by atoms with E-state index in [9.17, 15) is 10.1 Å². The van der Waals surface area contributed by atoms with Crippen LogP contribution in [0.3, 0.4) is 0 Å². The number of benzene rings is 1. The maximum absolute atomic E-state index is 13.1. The second-order valence-corrected chi connectivity index (χ2v) is 6.94. The molecule has 2 aliphatic rings. The number of carbonyl (C=O) groups excluding carboxylic acids is 1. The van der Waals surface area contributed by atoms with Gasteiger partial charge in [-0.05, 0) is 42.5 Å². The molecule has 5 nitrogen and oxygen atoms in total. The van der Waals surface area contributed by atoms with E-state index in [1.165, 1.54) is 11.1 Å². The summed E-state index contributed by atoms with van der Waals surface area (Å²) in [5, 5.41) is 9.27. The van der Waals surface area contributed by atoms with E-state index in [2.05, 4.69) is 34.2 Å². The molecular weight excluding hydrogens is 324 g/mol. The Bertz CT molecular complexity index is 849. The van der Waals surface area contributed by atoms with Gasteiger partial charge < -0.3 is 9.80 Å². The maximum atomic E-state index is 13.1. The van der Waals surface area contributed by atoms with Gasteiger partial charge in [0.2, 0.25) is 5.91 Å². The molecule has 2 heterocycles. The lowest BCUT2D eigenvalue weighted by Gasteiger charge is -2.38. The first-order valence-electron chi connectivity index (χ1n) is 9.24. The number of aromatic nitrogens is 1. The van der Waals surface area contributed by atoms with E-state index in [1.807, 2.05) is 11.0 Å². The lowest BCUT2D eigenvalue weighted by Crippen LogP contribution is -2.50. The van der Waals surface area contributed by atoms with Crippen LogP contribution < -0.4 is 4.90 Å². The van der Waals surface area contributed by atoms with Crippen LogP contribution in [-0.2, 0) is 11.2 Å². The van der Waals surface area contributed by atoms with Gasteiger partial charge in [-0.25, -0.2) is 4.98 Å². The highest BCUT2D eigenvalue weighted by atomic mass is 16.2. The summed E-state index contributed by atoms with van der Waals surface area (Å²) < 4.78 is 0. The molecule has 1 fully saturated rings. The Hall–Kier alpha value is -2.87. The third kappa shape index (κ3) is 3.03. The monoisotopic (exact) mass is 346 g/mol. The molecule has 132 valence electrons. The maximum Gasteiger partial charge on any atom is 0.230 e. The van der Waals surface area contributed by atoms with E-state index in [-0.39, 0.29) is 11.8 Å². The summed E-state index contributed by atoms with van der Waals surface area (Å²) in [5.41, 5.74) is 3.12. The van der Waals surface area contributed by atoms with Crippen molar-refractivity contribution in [2.45, 2.75) is 25.2 Å². The molecule has 1 amide bonds. The summed E-state index contributed by atoms with van der Waals surface area (Å²) >= 11 is 0. The molecule has 1 saturated heterocycles.